The molecule has 8 nitrogen and oxygen atoms in total. The summed E-state index contributed by atoms with van der Waals surface area (Å²) in [7, 11) is 2.83. The summed E-state index contributed by atoms with van der Waals surface area (Å²) >= 11 is 0. The summed E-state index contributed by atoms with van der Waals surface area (Å²) in [6.45, 7) is 1.09. The number of nitrogens with one attached hydrogen (secondary N) is 3. The van der Waals surface area contributed by atoms with Gasteiger partial charge in [0, 0.05) is 24.9 Å². The maximum atomic E-state index is 11.8. The highest BCUT2D eigenvalue weighted by Crippen LogP contribution is 2.09. The summed E-state index contributed by atoms with van der Waals surface area (Å²) in [4.78, 5) is 34.4. The lowest BCUT2D eigenvalue weighted by Gasteiger charge is -2.08. The molecule has 23 heavy (non-hydrogen) atoms. The number of carbonyl (C=O) groups excluding carboxylic acids is 3. The number of esters is 1. The second kappa shape index (κ2) is 10.3. The molecule has 0 aliphatic heterocycles. The Morgan fingerprint density at radius 3 is 2.35 bits per heavy atom. The molecular weight excluding hydrogens is 302 g/mol. The normalized spacial score (nSPS) is 10.0. The number of anilines is 1. The summed E-state index contributed by atoms with van der Waals surface area (Å²) in [5.74, 6) is -1.11. The van der Waals surface area contributed by atoms with E-state index in [1.165, 1.54) is 7.11 Å². The minimum atomic E-state index is -0.525. The van der Waals surface area contributed by atoms with Gasteiger partial charge in [0.1, 0.15) is 6.54 Å². The van der Waals surface area contributed by atoms with Crippen molar-refractivity contribution in [3.63, 3.8) is 0 Å². The molecule has 0 saturated carbocycles. The van der Waals surface area contributed by atoms with E-state index in [1.54, 1.807) is 31.4 Å². The zero-order valence-electron chi connectivity index (χ0n) is 13.2. The fraction of sp³-hybridized carbons (Fsp3) is 0.400. The lowest BCUT2D eigenvalue weighted by Crippen LogP contribution is -2.30. The summed E-state index contributed by atoms with van der Waals surface area (Å²) < 4.78 is 9.29. The van der Waals surface area contributed by atoms with Crippen LogP contribution in [0.1, 0.15) is 10.4 Å². The van der Waals surface area contributed by atoms with Crippen LogP contribution in [0.5, 0.6) is 0 Å². The van der Waals surface area contributed by atoms with Gasteiger partial charge in [-0.2, -0.15) is 0 Å². The van der Waals surface area contributed by atoms with Crippen LogP contribution in [0.15, 0.2) is 24.3 Å². The van der Waals surface area contributed by atoms with E-state index in [9.17, 15) is 14.4 Å². The zero-order chi connectivity index (χ0) is 17.1. The maximum Gasteiger partial charge on any atom is 0.325 e. The van der Waals surface area contributed by atoms with Gasteiger partial charge in [-0.05, 0) is 24.3 Å². The second-order valence-corrected chi connectivity index (χ2v) is 4.55. The molecular formula is C15H21N3O5. The van der Waals surface area contributed by atoms with Crippen LogP contribution in [0.25, 0.3) is 0 Å². The van der Waals surface area contributed by atoms with Crippen molar-refractivity contribution in [3.05, 3.63) is 29.8 Å². The van der Waals surface area contributed by atoms with Crippen molar-refractivity contribution in [2.24, 2.45) is 0 Å². The van der Waals surface area contributed by atoms with Gasteiger partial charge in [0.2, 0.25) is 5.91 Å². The van der Waals surface area contributed by atoms with E-state index < -0.39 is 11.9 Å². The van der Waals surface area contributed by atoms with E-state index in [1.807, 2.05) is 0 Å². The molecule has 2 amide bonds. The molecule has 0 aliphatic rings. The van der Waals surface area contributed by atoms with E-state index in [0.717, 1.165) is 0 Å². The summed E-state index contributed by atoms with van der Waals surface area (Å²) in [5, 5.41) is 8.05. The Bertz CT molecular complexity index is 530. The molecule has 1 aromatic rings. The van der Waals surface area contributed by atoms with Gasteiger partial charge in [0.25, 0.3) is 5.91 Å². The van der Waals surface area contributed by atoms with E-state index in [0.29, 0.717) is 24.4 Å². The Hall–Kier alpha value is -2.45. The highest BCUT2D eigenvalue weighted by molar-refractivity contribution is 5.97. The number of amides is 2. The van der Waals surface area contributed by atoms with Crippen LogP contribution in [0.2, 0.25) is 0 Å². The van der Waals surface area contributed by atoms with Crippen molar-refractivity contribution in [1.82, 2.24) is 10.6 Å². The maximum absolute atomic E-state index is 11.8. The summed E-state index contributed by atoms with van der Waals surface area (Å²) in [6.07, 6.45) is 0. The average molecular weight is 323 g/mol. The Morgan fingerprint density at radius 1 is 1.04 bits per heavy atom. The smallest absolute Gasteiger partial charge is 0.325 e. The molecule has 0 heterocycles. The third kappa shape index (κ3) is 7.39. The van der Waals surface area contributed by atoms with Crippen molar-refractivity contribution < 1.29 is 23.9 Å². The first-order valence-corrected chi connectivity index (χ1v) is 7.01. The number of carbonyl (C=O) groups is 3. The number of hydrogen-bond donors (Lipinski definition) is 3. The van der Waals surface area contributed by atoms with E-state index in [-0.39, 0.29) is 19.0 Å². The SMILES string of the molecule is COCCNCC(=O)Nc1ccc(C(=O)NCC(=O)OC)cc1. The average Bonchev–Trinajstić information content (AvgIpc) is 2.57. The second-order valence-electron chi connectivity index (χ2n) is 4.55. The molecule has 0 atom stereocenters. The fourth-order valence-corrected chi connectivity index (χ4v) is 1.61. The van der Waals surface area contributed by atoms with Gasteiger partial charge in [-0.25, -0.2) is 0 Å². The number of methoxy groups -OCH3 is 2. The Morgan fingerprint density at radius 2 is 1.74 bits per heavy atom. The zero-order valence-corrected chi connectivity index (χ0v) is 13.2. The van der Waals surface area contributed by atoms with Crippen LogP contribution in [0, 0.1) is 0 Å². The van der Waals surface area contributed by atoms with Gasteiger partial charge in [0.05, 0.1) is 20.3 Å². The topological polar surface area (TPSA) is 106 Å². The van der Waals surface area contributed by atoms with Crippen molar-refractivity contribution in [1.29, 1.82) is 0 Å². The Kier molecular flexibility index (Phi) is 8.33. The van der Waals surface area contributed by atoms with Crippen molar-refractivity contribution in [2.45, 2.75) is 0 Å². The quantitative estimate of drug-likeness (QED) is 0.428. The van der Waals surface area contributed by atoms with E-state index in [2.05, 4.69) is 20.7 Å². The number of ether oxygens (including phenoxy) is 2. The molecule has 0 unspecified atom stereocenters. The van der Waals surface area contributed by atoms with Crippen molar-refractivity contribution >= 4 is 23.5 Å². The summed E-state index contributed by atoms with van der Waals surface area (Å²) in [6, 6.07) is 6.33. The molecule has 0 fully saturated rings. The van der Waals surface area contributed by atoms with Gasteiger partial charge < -0.3 is 25.4 Å². The minimum absolute atomic E-state index is 0.171. The molecule has 0 aliphatic carbocycles. The predicted octanol–water partition coefficient (Wildman–Crippen LogP) is -0.236. The third-order valence-electron chi connectivity index (χ3n) is 2.82. The molecule has 0 bridgehead atoms. The first kappa shape index (κ1) is 18.6. The summed E-state index contributed by atoms with van der Waals surface area (Å²) in [5.41, 5.74) is 0.957. The molecule has 0 radical (unpaired) electrons. The standard InChI is InChI=1S/C15H21N3O5/c1-22-8-7-16-9-13(19)18-12-5-3-11(4-6-12)15(21)17-10-14(20)23-2/h3-6,16H,7-10H2,1-2H3,(H,17,21)(H,18,19). The third-order valence-corrected chi connectivity index (χ3v) is 2.82. The highest BCUT2D eigenvalue weighted by atomic mass is 16.5. The molecule has 0 saturated heterocycles. The highest BCUT2D eigenvalue weighted by Gasteiger charge is 2.08. The molecule has 0 aromatic heterocycles. The van der Waals surface area contributed by atoms with Gasteiger partial charge >= 0.3 is 5.97 Å². The monoisotopic (exact) mass is 323 g/mol. The number of benzene rings is 1. The van der Waals surface area contributed by atoms with E-state index >= 15 is 0 Å². The lowest BCUT2D eigenvalue weighted by molar-refractivity contribution is -0.139. The molecule has 126 valence electrons. The first-order valence-electron chi connectivity index (χ1n) is 7.01. The van der Waals surface area contributed by atoms with Crippen LogP contribution < -0.4 is 16.0 Å². The van der Waals surface area contributed by atoms with Gasteiger partial charge in [-0.1, -0.05) is 0 Å². The number of rotatable bonds is 9. The fourth-order valence-electron chi connectivity index (χ4n) is 1.61. The van der Waals surface area contributed by atoms with Crippen molar-refractivity contribution in [2.75, 3.05) is 45.8 Å². The largest absolute Gasteiger partial charge is 0.468 e. The van der Waals surface area contributed by atoms with Crippen LogP contribution in [-0.4, -0.2) is 58.2 Å². The molecule has 8 heteroatoms. The predicted molar refractivity (Wildman–Crippen MR) is 84.2 cm³/mol. The Balaban J connectivity index is 2.42. The molecule has 1 aromatic carbocycles. The van der Waals surface area contributed by atoms with Gasteiger partial charge in [-0.3, -0.25) is 14.4 Å². The van der Waals surface area contributed by atoms with Crippen molar-refractivity contribution in [3.8, 4) is 0 Å². The van der Waals surface area contributed by atoms with Crippen LogP contribution in [-0.2, 0) is 19.1 Å². The van der Waals surface area contributed by atoms with Crippen LogP contribution in [0.3, 0.4) is 0 Å². The lowest BCUT2D eigenvalue weighted by atomic mass is 10.2. The molecule has 1 rings (SSSR count). The van der Waals surface area contributed by atoms with Gasteiger partial charge in [-0.15, -0.1) is 0 Å². The van der Waals surface area contributed by atoms with E-state index in [4.69, 9.17) is 4.74 Å². The van der Waals surface area contributed by atoms with Crippen LogP contribution in [0.4, 0.5) is 5.69 Å². The van der Waals surface area contributed by atoms with Gasteiger partial charge in [0.15, 0.2) is 0 Å². The van der Waals surface area contributed by atoms with Crippen LogP contribution >= 0.6 is 0 Å². The number of hydrogen-bond acceptors (Lipinski definition) is 6. The Labute approximate surface area is 134 Å². The molecule has 3 N–H and O–H groups in total. The first-order chi connectivity index (χ1) is 11.1. The molecule has 0 spiro atoms. The minimum Gasteiger partial charge on any atom is -0.468 e.